The normalized spacial score (nSPS) is 13.9. The number of benzene rings is 3. The van der Waals surface area contributed by atoms with Crippen LogP contribution in [0.2, 0.25) is 0 Å². The van der Waals surface area contributed by atoms with Crippen molar-refractivity contribution in [1.29, 1.82) is 0 Å². The Morgan fingerprint density at radius 1 is 0.800 bits per heavy atom. The summed E-state index contributed by atoms with van der Waals surface area (Å²) in [5.41, 5.74) is 4.98. The van der Waals surface area contributed by atoms with Gasteiger partial charge in [0.2, 0.25) is 0 Å². The number of aryl methyl sites for hydroxylation is 3. The summed E-state index contributed by atoms with van der Waals surface area (Å²) in [5.74, 6) is -1.28. The van der Waals surface area contributed by atoms with Gasteiger partial charge in [0.15, 0.2) is 0 Å². The molecule has 5 heteroatoms. The molecule has 0 saturated heterocycles. The Morgan fingerprint density at radius 3 is 2.07 bits per heavy atom. The van der Waals surface area contributed by atoms with Crippen LogP contribution in [0.4, 0.5) is 15.8 Å². The van der Waals surface area contributed by atoms with Crippen LogP contribution in [0.25, 0.3) is 5.57 Å². The van der Waals surface area contributed by atoms with E-state index in [1.807, 2.05) is 63.2 Å². The van der Waals surface area contributed by atoms with E-state index in [0.29, 0.717) is 11.3 Å². The van der Waals surface area contributed by atoms with Crippen LogP contribution in [0.1, 0.15) is 22.3 Å². The minimum atomic E-state index is -0.437. The summed E-state index contributed by atoms with van der Waals surface area (Å²) >= 11 is 0. The summed E-state index contributed by atoms with van der Waals surface area (Å²) in [6.07, 6.45) is 0. The second kappa shape index (κ2) is 7.59. The second-order valence-corrected chi connectivity index (χ2v) is 7.49. The van der Waals surface area contributed by atoms with Crippen LogP contribution in [-0.2, 0) is 9.59 Å². The van der Waals surface area contributed by atoms with E-state index in [9.17, 15) is 14.0 Å². The zero-order valence-corrected chi connectivity index (χ0v) is 17.0. The Balaban J connectivity index is 1.86. The van der Waals surface area contributed by atoms with Gasteiger partial charge in [-0.1, -0.05) is 36.4 Å². The number of hydrogen-bond acceptors (Lipinski definition) is 3. The van der Waals surface area contributed by atoms with Gasteiger partial charge in [-0.25, -0.2) is 9.29 Å². The van der Waals surface area contributed by atoms with Gasteiger partial charge >= 0.3 is 0 Å². The van der Waals surface area contributed by atoms with Crippen molar-refractivity contribution in [3.05, 3.63) is 100 Å². The van der Waals surface area contributed by atoms with E-state index in [2.05, 4.69) is 5.32 Å². The van der Waals surface area contributed by atoms with Crippen molar-refractivity contribution < 1.29 is 14.0 Å². The van der Waals surface area contributed by atoms with Gasteiger partial charge in [0, 0.05) is 5.69 Å². The molecule has 0 aliphatic carbocycles. The fraction of sp³-hybridized carbons (Fsp3) is 0.120. The van der Waals surface area contributed by atoms with Gasteiger partial charge in [0.25, 0.3) is 11.8 Å². The van der Waals surface area contributed by atoms with Gasteiger partial charge < -0.3 is 5.32 Å². The first kappa shape index (κ1) is 19.6. The number of imide groups is 1. The quantitative estimate of drug-likeness (QED) is 0.617. The molecule has 0 unspecified atom stereocenters. The molecule has 3 aromatic rings. The topological polar surface area (TPSA) is 49.4 Å². The number of nitrogens with zero attached hydrogens (tertiary/aromatic N) is 1. The van der Waals surface area contributed by atoms with E-state index < -0.39 is 17.6 Å². The monoisotopic (exact) mass is 400 g/mol. The molecular formula is C25H21FN2O2. The molecule has 1 aliphatic rings. The van der Waals surface area contributed by atoms with Crippen molar-refractivity contribution in [2.45, 2.75) is 20.8 Å². The van der Waals surface area contributed by atoms with Gasteiger partial charge in [-0.3, -0.25) is 9.59 Å². The van der Waals surface area contributed by atoms with Crippen molar-refractivity contribution in [1.82, 2.24) is 0 Å². The molecule has 0 saturated carbocycles. The van der Waals surface area contributed by atoms with Crippen LogP contribution >= 0.6 is 0 Å². The molecule has 0 aromatic heterocycles. The number of carbonyl (C=O) groups excluding carboxylic acids is 2. The largest absolute Gasteiger partial charge is 0.350 e. The Labute approximate surface area is 174 Å². The molecule has 150 valence electrons. The Hall–Kier alpha value is -3.73. The van der Waals surface area contributed by atoms with Gasteiger partial charge in [0.1, 0.15) is 11.5 Å². The zero-order chi connectivity index (χ0) is 21.4. The predicted molar refractivity (Wildman–Crippen MR) is 117 cm³/mol. The molecule has 4 rings (SSSR count). The molecule has 1 aliphatic heterocycles. The number of amides is 2. The molecular weight excluding hydrogens is 379 g/mol. The van der Waals surface area contributed by atoms with Crippen LogP contribution in [-0.4, -0.2) is 11.8 Å². The molecule has 2 amide bonds. The minimum absolute atomic E-state index is 0.181. The average Bonchev–Trinajstić information content (AvgIpc) is 2.93. The third-order valence-corrected chi connectivity index (χ3v) is 5.09. The van der Waals surface area contributed by atoms with Gasteiger partial charge in [0.05, 0.1) is 11.3 Å². The first-order valence-electron chi connectivity index (χ1n) is 9.65. The summed E-state index contributed by atoms with van der Waals surface area (Å²) in [4.78, 5) is 28.0. The molecule has 0 radical (unpaired) electrons. The Bertz CT molecular complexity index is 1180. The number of anilines is 2. The molecule has 1 heterocycles. The van der Waals surface area contributed by atoms with Crippen LogP contribution < -0.4 is 10.2 Å². The van der Waals surface area contributed by atoms with Crippen molar-refractivity contribution in [3.63, 3.8) is 0 Å². The molecule has 0 spiro atoms. The summed E-state index contributed by atoms with van der Waals surface area (Å²) in [7, 11) is 0. The van der Waals surface area contributed by atoms with Crippen molar-refractivity contribution in [3.8, 4) is 0 Å². The third kappa shape index (κ3) is 3.50. The smallest absolute Gasteiger partial charge is 0.282 e. The number of hydrogen-bond donors (Lipinski definition) is 1. The summed E-state index contributed by atoms with van der Waals surface area (Å²) < 4.78 is 13.5. The number of rotatable bonds is 4. The lowest BCUT2D eigenvalue weighted by Gasteiger charge is -2.17. The fourth-order valence-electron chi connectivity index (χ4n) is 3.69. The van der Waals surface area contributed by atoms with Crippen LogP contribution in [0.15, 0.2) is 72.4 Å². The highest BCUT2D eigenvalue weighted by Crippen LogP contribution is 2.35. The van der Waals surface area contributed by atoms with Gasteiger partial charge in [-0.2, -0.15) is 0 Å². The van der Waals surface area contributed by atoms with Crippen molar-refractivity contribution in [2.75, 3.05) is 10.2 Å². The Kier molecular flexibility index (Phi) is 4.96. The highest BCUT2D eigenvalue weighted by molar-refractivity contribution is 6.46. The van der Waals surface area contributed by atoms with Crippen molar-refractivity contribution in [2.24, 2.45) is 0 Å². The fourth-order valence-corrected chi connectivity index (χ4v) is 3.69. The minimum Gasteiger partial charge on any atom is -0.350 e. The van der Waals surface area contributed by atoms with Crippen molar-refractivity contribution >= 4 is 28.8 Å². The molecule has 0 bridgehead atoms. The molecule has 1 N–H and O–H groups in total. The van der Waals surface area contributed by atoms with E-state index in [1.54, 1.807) is 0 Å². The maximum absolute atomic E-state index is 13.5. The first-order valence-corrected chi connectivity index (χ1v) is 9.65. The lowest BCUT2D eigenvalue weighted by Crippen LogP contribution is -2.32. The molecule has 4 nitrogen and oxygen atoms in total. The van der Waals surface area contributed by atoms with Gasteiger partial charge in [-0.15, -0.1) is 0 Å². The number of carbonyl (C=O) groups is 2. The summed E-state index contributed by atoms with van der Waals surface area (Å²) in [6, 6.07) is 18.7. The standard InChI is InChI=1S/C25H21FN2O2/c1-15-12-16(2)14-20(13-15)28-24(29)22(18-8-10-19(26)11-9-18)23(25(28)30)27-21-7-5-4-6-17(21)3/h4-14,27H,1-3H3. The van der Waals surface area contributed by atoms with E-state index >= 15 is 0 Å². The zero-order valence-electron chi connectivity index (χ0n) is 17.0. The highest BCUT2D eigenvalue weighted by atomic mass is 19.1. The summed E-state index contributed by atoms with van der Waals surface area (Å²) in [5, 5.41) is 3.16. The molecule has 0 fully saturated rings. The SMILES string of the molecule is Cc1cc(C)cc(N2C(=O)C(Nc3ccccc3C)=C(c3ccc(F)cc3)C2=O)c1. The van der Waals surface area contributed by atoms with E-state index in [4.69, 9.17) is 0 Å². The van der Waals surface area contributed by atoms with E-state index in [0.717, 1.165) is 22.4 Å². The average molecular weight is 400 g/mol. The third-order valence-electron chi connectivity index (χ3n) is 5.09. The number of halogens is 1. The summed E-state index contributed by atoms with van der Waals surface area (Å²) in [6.45, 7) is 5.76. The number of nitrogens with one attached hydrogen (secondary N) is 1. The first-order chi connectivity index (χ1) is 14.3. The number of para-hydroxylation sites is 1. The Morgan fingerprint density at radius 2 is 1.43 bits per heavy atom. The van der Waals surface area contributed by atoms with Crippen LogP contribution in [0.3, 0.4) is 0 Å². The van der Waals surface area contributed by atoms with Crippen LogP contribution in [0.5, 0.6) is 0 Å². The lowest BCUT2D eigenvalue weighted by atomic mass is 10.0. The second-order valence-electron chi connectivity index (χ2n) is 7.49. The molecule has 0 atom stereocenters. The van der Waals surface area contributed by atoms with E-state index in [1.165, 1.54) is 29.2 Å². The predicted octanol–water partition coefficient (Wildman–Crippen LogP) is 5.15. The maximum atomic E-state index is 13.5. The maximum Gasteiger partial charge on any atom is 0.282 e. The highest BCUT2D eigenvalue weighted by Gasteiger charge is 2.40. The van der Waals surface area contributed by atoms with Crippen LogP contribution in [0, 0.1) is 26.6 Å². The molecule has 30 heavy (non-hydrogen) atoms. The molecule has 3 aromatic carbocycles. The van der Waals surface area contributed by atoms with Gasteiger partial charge in [-0.05, 0) is 73.4 Å². The lowest BCUT2D eigenvalue weighted by molar-refractivity contribution is -0.120. The van der Waals surface area contributed by atoms with E-state index in [-0.39, 0.29) is 11.3 Å².